The quantitative estimate of drug-likeness (QED) is 0.642. The number of imide groups is 1. The molecule has 7 nitrogen and oxygen atoms in total. The minimum Gasteiger partial charge on any atom is -0.493 e. The van der Waals surface area contributed by atoms with Gasteiger partial charge in [0.2, 0.25) is 5.91 Å². The topological polar surface area (TPSA) is 79.0 Å². The Kier molecular flexibility index (Phi) is 4.71. The van der Waals surface area contributed by atoms with Crippen LogP contribution in [0.1, 0.15) is 25.8 Å². The van der Waals surface area contributed by atoms with Gasteiger partial charge in [-0.15, -0.1) is 0 Å². The lowest BCUT2D eigenvalue weighted by atomic mass is 9.84. The molecule has 138 valence electrons. The van der Waals surface area contributed by atoms with Gasteiger partial charge in [0, 0.05) is 25.1 Å². The van der Waals surface area contributed by atoms with Crippen LogP contribution < -0.4 is 10.1 Å². The zero-order valence-electron chi connectivity index (χ0n) is 15.1. The predicted octanol–water partition coefficient (Wildman–Crippen LogP) is 1.64. The van der Waals surface area contributed by atoms with Gasteiger partial charge in [-0.1, -0.05) is 30.4 Å². The Bertz CT molecular complexity index is 776. The van der Waals surface area contributed by atoms with Crippen molar-refractivity contribution >= 4 is 17.8 Å². The molecule has 1 saturated heterocycles. The van der Waals surface area contributed by atoms with Gasteiger partial charge in [0.25, 0.3) is 5.91 Å². The lowest BCUT2D eigenvalue weighted by molar-refractivity contribution is -0.139. The van der Waals surface area contributed by atoms with Crippen molar-refractivity contribution in [1.82, 2.24) is 15.1 Å². The van der Waals surface area contributed by atoms with Crippen molar-refractivity contribution in [2.45, 2.75) is 25.8 Å². The minimum absolute atomic E-state index is 0.281. The summed E-state index contributed by atoms with van der Waals surface area (Å²) in [7, 11) is 0. The first kappa shape index (κ1) is 18.0. The van der Waals surface area contributed by atoms with Crippen molar-refractivity contribution in [1.29, 1.82) is 0 Å². The number of carbonyl (C=O) groups excluding carboxylic acids is 3. The Labute approximate surface area is 152 Å². The fourth-order valence-corrected chi connectivity index (χ4v) is 3.45. The maximum atomic E-state index is 13.1. The monoisotopic (exact) mass is 357 g/mol. The molecule has 1 aromatic carbocycles. The number of rotatable bonds is 5. The molecule has 7 heteroatoms. The highest BCUT2D eigenvalue weighted by atomic mass is 16.5. The first-order chi connectivity index (χ1) is 12.4. The largest absolute Gasteiger partial charge is 0.493 e. The second-order valence-electron chi connectivity index (χ2n) is 6.69. The number of hydrogen-bond acceptors (Lipinski definition) is 4. The Balaban J connectivity index is 1.84. The first-order valence-electron chi connectivity index (χ1n) is 8.67. The molecule has 4 amide bonds. The van der Waals surface area contributed by atoms with Crippen LogP contribution in [-0.2, 0) is 15.1 Å². The molecular formula is C19H23N3O4. The molecule has 2 aliphatic heterocycles. The van der Waals surface area contributed by atoms with E-state index in [1.54, 1.807) is 23.1 Å². The van der Waals surface area contributed by atoms with Gasteiger partial charge >= 0.3 is 6.03 Å². The van der Waals surface area contributed by atoms with Crippen LogP contribution in [0.2, 0.25) is 0 Å². The van der Waals surface area contributed by atoms with Crippen LogP contribution in [0, 0.1) is 0 Å². The predicted molar refractivity (Wildman–Crippen MR) is 95.5 cm³/mol. The van der Waals surface area contributed by atoms with Gasteiger partial charge < -0.3 is 15.0 Å². The van der Waals surface area contributed by atoms with Gasteiger partial charge in [0.15, 0.2) is 5.54 Å². The molecular weight excluding hydrogens is 334 g/mol. The van der Waals surface area contributed by atoms with Crippen LogP contribution in [0.25, 0.3) is 0 Å². The number of ether oxygens (including phenoxy) is 1. The highest BCUT2D eigenvalue weighted by Crippen LogP contribution is 2.40. The van der Waals surface area contributed by atoms with Crippen molar-refractivity contribution in [3.05, 3.63) is 42.0 Å². The summed E-state index contributed by atoms with van der Waals surface area (Å²) in [6, 6.07) is 6.61. The molecule has 3 rings (SSSR count). The third-order valence-electron chi connectivity index (χ3n) is 4.75. The Hall–Kier alpha value is -2.83. The molecule has 0 aromatic heterocycles. The Morgan fingerprint density at radius 3 is 2.81 bits per heavy atom. The molecule has 1 N–H and O–H groups in total. The number of amides is 4. The Morgan fingerprint density at radius 2 is 2.12 bits per heavy atom. The van der Waals surface area contributed by atoms with Gasteiger partial charge in [-0.05, 0) is 19.9 Å². The molecule has 1 fully saturated rings. The molecule has 2 heterocycles. The fraction of sp³-hybridized carbons (Fsp3) is 0.421. The Morgan fingerprint density at radius 1 is 1.38 bits per heavy atom. The molecule has 1 spiro atoms. The van der Waals surface area contributed by atoms with E-state index in [0.29, 0.717) is 37.4 Å². The lowest BCUT2D eigenvalue weighted by Gasteiger charge is -2.33. The molecule has 0 bridgehead atoms. The zero-order chi connectivity index (χ0) is 18.9. The van der Waals surface area contributed by atoms with Gasteiger partial charge in [-0.2, -0.15) is 0 Å². The number of urea groups is 1. The smallest absolute Gasteiger partial charge is 0.325 e. The van der Waals surface area contributed by atoms with Crippen molar-refractivity contribution in [3.63, 3.8) is 0 Å². The van der Waals surface area contributed by atoms with E-state index in [9.17, 15) is 14.4 Å². The summed E-state index contributed by atoms with van der Waals surface area (Å²) in [6.45, 7) is 8.42. The normalized spacial score (nSPS) is 21.2. The van der Waals surface area contributed by atoms with Gasteiger partial charge in [-0.25, -0.2) is 4.79 Å². The molecule has 0 saturated carbocycles. The van der Waals surface area contributed by atoms with E-state index in [2.05, 4.69) is 11.9 Å². The van der Waals surface area contributed by atoms with Gasteiger partial charge in [0.1, 0.15) is 12.3 Å². The van der Waals surface area contributed by atoms with Gasteiger partial charge in [0.05, 0.1) is 6.61 Å². The second kappa shape index (κ2) is 6.82. The standard InChI is InChI=1S/C19H23N3O4/c1-4-21(11-13(2)3)16(23)12-22-17(24)19(20-18(22)25)9-10-26-15-8-6-5-7-14(15)19/h5-8H,2,4,9-12H2,1,3H3,(H,20,25)/t19-/m1/s1. The van der Waals surface area contributed by atoms with Crippen LogP contribution in [0.3, 0.4) is 0 Å². The van der Waals surface area contributed by atoms with E-state index >= 15 is 0 Å². The summed E-state index contributed by atoms with van der Waals surface area (Å²) in [4.78, 5) is 40.8. The highest BCUT2D eigenvalue weighted by molar-refractivity contribution is 6.09. The van der Waals surface area contributed by atoms with E-state index in [0.717, 1.165) is 10.5 Å². The summed E-state index contributed by atoms with van der Waals surface area (Å²) in [5.74, 6) is -0.104. The molecule has 0 unspecified atom stereocenters. The zero-order valence-corrected chi connectivity index (χ0v) is 15.1. The van der Waals surface area contributed by atoms with E-state index in [-0.39, 0.29) is 12.5 Å². The van der Waals surface area contributed by atoms with Crippen LogP contribution in [-0.4, -0.2) is 53.9 Å². The summed E-state index contributed by atoms with van der Waals surface area (Å²) < 4.78 is 5.60. The number of nitrogens with one attached hydrogen (secondary N) is 1. The van der Waals surface area contributed by atoms with Crippen molar-refractivity contribution in [2.24, 2.45) is 0 Å². The van der Waals surface area contributed by atoms with Crippen LogP contribution in [0.15, 0.2) is 36.4 Å². The molecule has 1 aromatic rings. The highest BCUT2D eigenvalue weighted by Gasteiger charge is 2.55. The van der Waals surface area contributed by atoms with Crippen molar-refractivity contribution < 1.29 is 19.1 Å². The van der Waals surface area contributed by atoms with E-state index in [1.807, 2.05) is 19.9 Å². The van der Waals surface area contributed by atoms with Crippen LogP contribution in [0.4, 0.5) is 4.79 Å². The minimum atomic E-state index is -1.16. The van der Waals surface area contributed by atoms with E-state index < -0.39 is 17.5 Å². The molecule has 26 heavy (non-hydrogen) atoms. The summed E-state index contributed by atoms with van der Waals surface area (Å²) in [6.07, 6.45) is 0.336. The fourth-order valence-electron chi connectivity index (χ4n) is 3.45. The van der Waals surface area contributed by atoms with Crippen LogP contribution in [0.5, 0.6) is 5.75 Å². The SMILES string of the molecule is C=C(C)CN(CC)C(=O)CN1C(=O)N[C@@]2(CCOc3ccccc32)C1=O. The molecule has 0 radical (unpaired) electrons. The molecule has 1 atom stereocenters. The first-order valence-corrected chi connectivity index (χ1v) is 8.67. The number of carbonyl (C=O) groups is 3. The van der Waals surface area contributed by atoms with Crippen molar-refractivity contribution in [3.8, 4) is 5.75 Å². The summed E-state index contributed by atoms with van der Waals surface area (Å²) in [5, 5.41) is 2.80. The summed E-state index contributed by atoms with van der Waals surface area (Å²) >= 11 is 0. The third kappa shape index (κ3) is 2.94. The number of hydrogen-bond donors (Lipinski definition) is 1. The van der Waals surface area contributed by atoms with Gasteiger partial charge in [-0.3, -0.25) is 14.5 Å². The number of likely N-dealkylation sites (N-methyl/N-ethyl adjacent to an activating group) is 1. The number of para-hydroxylation sites is 1. The number of nitrogens with zero attached hydrogens (tertiary/aromatic N) is 2. The van der Waals surface area contributed by atoms with E-state index in [1.165, 1.54) is 0 Å². The lowest BCUT2D eigenvalue weighted by Crippen LogP contribution is -2.48. The van der Waals surface area contributed by atoms with Crippen molar-refractivity contribution in [2.75, 3.05) is 26.2 Å². The average molecular weight is 357 g/mol. The number of fused-ring (bicyclic) bond motifs is 2. The second-order valence-corrected chi connectivity index (χ2v) is 6.69. The summed E-state index contributed by atoms with van der Waals surface area (Å²) in [5.41, 5.74) is 0.318. The van der Waals surface area contributed by atoms with E-state index in [4.69, 9.17) is 4.74 Å². The van der Waals surface area contributed by atoms with Crippen LogP contribution >= 0.6 is 0 Å². The molecule has 2 aliphatic rings. The number of benzene rings is 1. The third-order valence-corrected chi connectivity index (χ3v) is 4.75. The maximum Gasteiger partial charge on any atom is 0.325 e. The maximum absolute atomic E-state index is 13.1. The molecule has 0 aliphatic carbocycles. The average Bonchev–Trinajstić information content (AvgIpc) is 2.84.